The molecule has 1 unspecified atom stereocenters. The highest BCUT2D eigenvalue weighted by Gasteiger charge is 2.42. The molecular formula is C19H16FNO4. The molecule has 0 fully saturated rings. The number of ether oxygens (including phenoxy) is 1. The molecule has 0 aliphatic carbocycles. The first-order chi connectivity index (χ1) is 11.8. The quantitative estimate of drug-likeness (QED) is 0.688. The van der Waals surface area contributed by atoms with Crippen LogP contribution in [0.4, 0.5) is 10.1 Å². The van der Waals surface area contributed by atoms with Crippen LogP contribution in [0.25, 0.3) is 0 Å². The Hall–Kier alpha value is -3.02. The largest absolute Gasteiger partial charge is 0.445 e. The van der Waals surface area contributed by atoms with E-state index in [0.717, 1.165) is 0 Å². The van der Waals surface area contributed by atoms with E-state index in [9.17, 15) is 18.8 Å². The molecule has 0 aromatic heterocycles. The van der Waals surface area contributed by atoms with E-state index in [1.165, 1.54) is 32.0 Å². The number of hydrogen-bond acceptors (Lipinski definition) is 4. The summed E-state index contributed by atoms with van der Waals surface area (Å²) in [5, 5.41) is 2.66. The van der Waals surface area contributed by atoms with Crippen molar-refractivity contribution in [3.63, 3.8) is 0 Å². The lowest BCUT2D eigenvalue weighted by molar-refractivity contribution is -0.134. The van der Waals surface area contributed by atoms with Crippen LogP contribution >= 0.6 is 0 Å². The van der Waals surface area contributed by atoms with Crippen molar-refractivity contribution in [2.75, 3.05) is 5.32 Å². The Labute approximate surface area is 143 Å². The van der Waals surface area contributed by atoms with E-state index < -0.39 is 23.3 Å². The fourth-order valence-corrected chi connectivity index (χ4v) is 2.74. The average Bonchev–Trinajstić information content (AvgIpc) is 2.54. The fraction of sp³-hybridized carbons (Fsp3) is 0.211. The number of esters is 1. The van der Waals surface area contributed by atoms with Gasteiger partial charge in [-0.1, -0.05) is 0 Å². The summed E-state index contributed by atoms with van der Waals surface area (Å²) < 4.78 is 18.8. The number of Topliss-reactive ketones (excluding diaryl/α,β-unsaturated/α-hetero) is 1. The van der Waals surface area contributed by atoms with Gasteiger partial charge in [0, 0.05) is 17.7 Å². The first-order valence-corrected chi connectivity index (χ1v) is 7.73. The lowest BCUT2D eigenvalue weighted by atomic mass is 9.89. The predicted octanol–water partition coefficient (Wildman–Crippen LogP) is 3.14. The van der Waals surface area contributed by atoms with Crippen LogP contribution in [0, 0.1) is 5.82 Å². The van der Waals surface area contributed by atoms with E-state index >= 15 is 0 Å². The van der Waals surface area contributed by atoms with Gasteiger partial charge < -0.3 is 10.1 Å². The number of ketones is 1. The summed E-state index contributed by atoms with van der Waals surface area (Å²) in [4.78, 5) is 36.0. The number of carbonyl (C=O) groups is 3. The van der Waals surface area contributed by atoms with Gasteiger partial charge in [-0.3, -0.25) is 9.59 Å². The number of rotatable bonds is 3. The second kappa shape index (κ2) is 6.12. The highest BCUT2D eigenvalue weighted by atomic mass is 19.1. The molecule has 0 bridgehead atoms. The van der Waals surface area contributed by atoms with Gasteiger partial charge in [0.15, 0.2) is 11.4 Å². The molecule has 0 spiro atoms. The van der Waals surface area contributed by atoms with Crippen LogP contribution in [0.3, 0.4) is 0 Å². The van der Waals surface area contributed by atoms with Crippen molar-refractivity contribution in [3.05, 3.63) is 65.0 Å². The second-order valence-corrected chi connectivity index (χ2v) is 6.19. The SMILES string of the molecule is CC(=O)c1ccc(NC(=O)C2(C)Cc3cc(F)ccc3C(=O)O2)cc1. The Balaban J connectivity index is 1.82. The van der Waals surface area contributed by atoms with Crippen LogP contribution in [-0.4, -0.2) is 23.3 Å². The van der Waals surface area contributed by atoms with Crippen LogP contribution in [0.5, 0.6) is 0 Å². The minimum absolute atomic E-state index is 0.0726. The van der Waals surface area contributed by atoms with E-state index in [0.29, 0.717) is 16.8 Å². The van der Waals surface area contributed by atoms with E-state index in [4.69, 9.17) is 4.74 Å². The zero-order chi connectivity index (χ0) is 18.2. The molecule has 0 saturated carbocycles. The molecule has 1 heterocycles. The molecule has 2 aromatic carbocycles. The number of fused-ring (bicyclic) bond motifs is 1. The number of amides is 1. The molecule has 1 aliphatic rings. The van der Waals surface area contributed by atoms with Crippen LogP contribution in [0.2, 0.25) is 0 Å². The number of benzene rings is 2. The van der Waals surface area contributed by atoms with Crippen LogP contribution in [-0.2, 0) is 16.0 Å². The Morgan fingerprint density at radius 3 is 2.48 bits per heavy atom. The van der Waals surface area contributed by atoms with Crippen LogP contribution < -0.4 is 5.32 Å². The highest BCUT2D eigenvalue weighted by Crippen LogP contribution is 2.30. The number of halogens is 1. The van der Waals surface area contributed by atoms with Crippen molar-refractivity contribution in [1.29, 1.82) is 0 Å². The zero-order valence-corrected chi connectivity index (χ0v) is 13.8. The number of cyclic esters (lactones) is 1. The fourth-order valence-electron chi connectivity index (χ4n) is 2.74. The molecule has 3 rings (SSSR count). The first kappa shape index (κ1) is 16.8. The summed E-state index contributed by atoms with van der Waals surface area (Å²) in [6.07, 6.45) is 0.0726. The number of anilines is 1. The molecule has 2 aromatic rings. The Kier molecular flexibility index (Phi) is 4.12. The predicted molar refractivity (Wildman–Crippen MR) is 89.0 cm³/mol. The summed E-state index contributed by atoms with van der Waals surface area (Å²) in [6.45, 7) is 2.94. The summed E-state index contributed by atoms with van der Waals surface area (Å²) in [6, 6.07) is 10.1. The average molecular weight is 341 g/mol. The topological polar surface area (TPSA) is 72.5 Å². The lowest BCUT2D eigenvalue weighted by Crippen LogP contribution is -2.48. The molecule has 128 valence electrons. The maximum Gasteiger partial charge on any atom is 0.339 e. The molecule has 1 N–H and O–H groups in total. The van der Waals surface area contributed by atoms with Crippen LogP contribution in [0.1, 0.15) is 40.1 Å². The van der Waals surface area contributed by atoms with E-state index in [2.05, 4.69) is 5.32 Å². The smallest absolute Gasteiger partial charge is 0.339 e. The number of nitrogens with one attached hydrogen (secondary N) is 1. The zero-order valence-electron chi connectivity index (χ0n) is 13.8. The van der Waals surface area contributed by atoms with Gasteiger partial charge in [0.1, 0.15) is 5.82 Å². The maximum atomic E-state index is 13.4. The third kappa shape index (κ3) is 3.28. The molecular weight excluding hydrogens is 325 g/mol. The highest BCUT2D eigenvalue weighted by molar-refractivity contribution is 6.02. The molecule has 0 radical (unpaired) electrons. The van der Waals surface area contributed by atoms with Crippen molar-refractivity contribution >= 4 is 23.3 Å². The molecule has 1 aliphatic heterocycles. The monoisotopic (exact) mass is 341 g/mol. The molecule has 1 atom stereocenters. The van der Waals surface area contributed by atoms with Crippen molar-refractivity contribution in [2.24, 2.45) is 0 Å². The molecule has 6 heteroatoms. The van der Waals surface area contributed by atoms with Gasteiger partial charge in [0.05, 0.1) is 5.56 Å². The van der Waals surface area contributed by atoms with Gasteiger partial charge >= 0.3 is 5.97 Å². The van der Waals surface area contributed by atoms with Gasteiger partial charge in [-0.2, -0.15) is 0 Å². The summed E-state index contributed by atoms with van der Waals surface area (Å²) in [7, 11) is 0. The minimum Gasteiger partial charge on any atom is -0.445 e. The number of carbonyl (C=O) groups excluding carboxylic acids is 3. The standard InChI is InChI=1S/C19H16FNO4/c1-11(22)12-3-6-15(7-4-12)21-18(24)19(2)10-13-9-14(20)5-8-16(13)17(23)25-19/h3-9H,10H2,1-2H3,(H,21,24). The first-order valence-electron chi connectivity index (χ1n) is 7.73. The Morgan fingerprint density at radius 1 is 1.16 bits per heavy atom. The molecule has 25 heavy (non-hydrogen) atoms. The van der Waals surface area contributed by atoms with Gasteiger partial charge in [-0.25, -0.2) is 9.18 Å². The third-order valence-electron chi connectivity index (χ3n) is 4.16. The molecule has 0 saturated heterocycles. The molecule has 1 amide bonds. The minimum atomic E-state index is -1.45. The molecule has 5 nitrogen and oxygen atoms in total. The van der Waals surface area contributed by atoms with E-state index in [1.54, 1.807) is 24.3 Å². The number of hydrogen-bond donors (Lipinski definition) is 1. The summed E-state index contributed by atoms with van der Waals surface area (Å²) in [5.41, 5.74) is 0.241. The summed E-state index contributed by atoms with van der Waals surface area (Å²) >= 11 is 0. The van der Waals surface area contributed by atoms with Gasteiger partial charge in [0.2, 0.25) is 0 Å². The van der Waals surface area contributed by atoms with Crippen molar-refractivity contribution < 1.29 is 23.5 Å². The normalized spacial score (nSPS) is 18.9. The van der Waals surface area contributed by atoms with Crippen molar-refractivity contribution in [2.45, 2.75) is 25.9 Å². The van der Waals surface area contributed by atoms with Gasteiger partial charge in [0.25, 0.3) is 5.91 Å². The lowest BCUT2D eigenvalue weighted by Gasteiger charge is -2.33. The van der Waals surface area contributed by atoms with E-state index in [-0.39, 0.29) is 17.8 Å². The second-order valence-electron chi connectivity index (χ2n) is 6.19. The Morgan fingerprint density at radius 2 is 1.84 bits per heavy atom. The Bertz CT molecular complexity index is 875. The third-order valence-corrected chi connectivity index (χ3v) is 4.16. The van der Waals surface area contributed by atoms with Crippen LogP contribution in [0.15, 0.2) is 42.5 Å². The maximum absolute atomic E-state index is 13.4. The van der Waals surface area contributed by atoms with Crippen molar-refractivity contribution in [3.8, 4) is 0 Å². The van der Waals surface area contributed by atoms with Crippen molar-refractivity contribution in [1.82, 2.24) is 0 Å². The van der Waals surface area contributed by atoms with Gasteiger partial charge in [-0.15, -0.1) is 0 Å². The van der Waals surface area contributed by atoms with E-state index in [1.807, 2.05) is 0 Å². The van der Waals surface area contributed by atoms with Gasteiger partial charge in [-0.05, 0) is 61.9 Å². The summed E-state index contributed by atoms with van der Waals surface area (Å²) in [5.74, 6) is -1.74.